The van der Waals surface area contributed by atoms with E-state index in [1.807, 2.05) is 13.0 Å². The van der Waals surface area contributed by atoms with Crippen LogP contribution >= 0.6 is 0 Å². The third-order valence-corrected chi connectivity index (χ3v) is 3.53. The number of amides is 2. The van der Waals surface area contributed by atoms with Crippen molar-refractivity contribution in [2.75, 3.05) is 17.7 Å². The van der Waals surface area contributed by atoms with Crippen molar-refractivity contribution in [3.8, 4) is 5.75 Å². The van der Waals surface area contributed by atoms with Crippen LogP contribution in [0.4, 0.5) is 11.4 Å². The Morgan fingerprint density at radius 2 is 1.61 bits per heavy atom. The molecule has 0 unspecified atom stereocenters. The molecule has 0 heterocycles. The third-order valence-electron chi connectivity index (χ3n) is 3.53. The fraction of sp³-hybridized carbons (Fsp3) is 0.222. The Morgan fingerprint density at radius 3 is 2.17 bits per heavy atom. The Labute approximate surface area is 135 Å². The summed E-state index contributed by atoms with van der Waals surface area (Å²) in [6.07, 6.45) is 0.405. The highest BCUT2D eigenvalue weighted by Crippen LogP contribution is 2.24. The Bertz CT molecular complexity index is 709. The maximum atomic E-state index is 12.3. The van der Waals surface area contributed by atoms with Crippen LogP contribution in [-0.4, -0.2) is 18.9 Å². The van der Waals surface area contributed by atoms with Crippen molar-refractivity contribution in [2.24, 2.45) is 0 Å². The minimum absolute atomic E-state index is 0.0632. The Balaban J connectivity index is 2.17. The van der Waals surface area contributed by atoms with Gasteiger partial charge in [0.2, 0.25) is 5.91 Å². The second kappa shape index (κ2) is 7.45. The maximum absolute atomic E-state index is 12.3. The van der Waals surface area contributed by atoms with Gasteiger partial charge in [0.15, 0.2) is 0 Å². The van der Waals surface area contributed by atoms with Crippen molar-refractivity contribution in [1.29, 1.82) is 0 Å². The van der Waals surface area contributed by atoms with Crippen LogP contribution in [0, 0.1) is 6.92 Å². The molecule has 0 saturated carbocycles. The smallest absolute Gasteiger partial charge is 0.255 e. The summed E-state index contributed by atoms with van der Waals surface area (Å²) in [4.78, 5) is 23.9. The average molecular weight is 312 g/mol. The normalized spacial score (nSPS) is 10.0. The summed E-state index contributed by atoms with van der Waals surface area (Å²) in [5.41, 5.74) is 2.72. The second-order valence-corrected chi connectivity index (χ2v) is 5.06. The van der Waals surface area contributed by atoms with E-state index in [-0.39, 0.29) is 11.8 Å². The number of ether oxygens (including phenoxy) is 1. The van der Waals surface area contributed by atoms with Crippen LogP contribution in [0.25, 0.3) is 0 Å². The molecular weight excluding hydrogens is 292 g/mol. The first-order chi connectivity index (χ1) is 11.0. The lowest BCUT2D eigenvalue weighted by molar-refractivity contribution is -0.115. The van der Waals surface area contributed by atoms with Gasteiger partial charge in [0.05, 0.1) is 7.11 Å². The molecule has 120 valence electrons. The number of methoxy groups -OCH3 is 1. The van der Waals surface area contributed by atoms with Gasteiger partial charge in [-0.25, -0.2) is 0 Å². The SMILES string of the molecule is CCC(=O)Nc1cccc(NC(=O)c2ccc(OC)cc2)c1C. The molecule has 23 heavy (non-hydrogen) atoms. The molecule has 2 amide bonds. The largest absolute Gasteiger partial charge is 0.497 e. The lowest BCUT2D eigenvalue weighted by Crippen LogP contribution is -2.15. The molecule has 0 atom stereocenters. The van der Waals surface area contributed by atoms with Crippen LogP contribution < -0.4 is 15.4 Å². The Hall–Kier alpha value is -2.82. The average Bonchev–Trinajstić information content (AvgIpc) is 2.58. The maximum Gasteiger partial charge on any atom is 0.255 e. The predicted molar refractivity (Wildman–Crippen MR) is 91.0 cm³/mol. The van der Waals surface area contributed by atoms with Crippen molar-refractivity contribution < 1.29 is 14.3 Å². The van der Waals surface area contributed by atoms with Crippen molar-refractivity contribution in [3.63, 3.8) is 0 Å². The summed E-state index contributed by atoms with van der Waals surface area (Å²) >= 11 is 0. The van der Waals surface area contributed by atoms with E-state index in [1.165, 1.54) is 0 Å². The van der Waals surface area contributed by atoms with Crippen molar-refractivity contribution in [1.82, 2.24) is 0 Å². The highest BCUT2D eigenvalue weighted by atomic mass is 16.5. The summed E-state index contributed by atoms with van der Waals surface area (Å²) < 4.78 is 5.08. The quantitative estimate of drug-likeness (QED) is 0.886. The molecule has 2 N–H and O–H groups in total. The van der Waals surface area contributed by atoms with Crippen LogP contribution in [0.3, 0.4) is 0 Å². The number of nitrogens with one attached hydrogen (secondary N) is 2. The molecule has 5 nitrogen and oxygen atoms in total. The molecule has 0 aliphatic carbocycles. The Morgan fingerprint density at radius 1 is 1.00 bits per heavy atom. The molecule has 0 aliphatic heterocycles. The lowest BCUT2D eigenvalue weighted by atomic mass is 10.1. The first kappa shape index (κ1) is 16.5. The van der Waals surface area contributed by atoms with Gasteiger partial charge in [-0.1, -0.05) is 13.0 Å². The highest BCUT2D eigenvalue weighted by molar-refractivity contribution is 6.05. The molecule has 2 aromatic rings. The number of hydrogen-bond donors (Lipinski definition) is 2. The zero-order valence-corrected chi connectivity index (χ0v) is 13.5. The molecule has 5 heteroatoms. The number of carbonyl (C=O) groups is 2. The fourth-order valence-electron chi connectivity index (χ4n) is 2.08. The van der Waals surface area contributed by atoms with E-state index >= 15 is 0 Å². The van der Waals surface area contributed by atoms with Gasteiger partial charge in [0, 0.05) is 23.4 Å². The number of anilines is 2. The van der Waals surface area contributed by atoms with Gasteiger partial charge < -0.3 is 15.4 Å². The zero-order chi connectivity index (χ0) is 16.8. The molecule has 0 aromatic heterocycles. The van der Waals surface area contributed by atoms with E-state index in [9.17, 15) is 9.59 Å². The number of benzene rings is 2. The summed E-state index contributed by atoms with van der Waals surface area (Å²) in [6, 6.07) is 12.3. The van der Waals surface area contributed by atoms with Crippen LogP contribution in [-0.2, 0) is 4.79 Å². The van der Waals surface area contributed by atoms with E-state index in [0.29, 0.717) is 29.1 Å². The van der Waals surface area contributed by atoms with Crippen molar-refractivity contribution in [3.05, 3.63) is 53.6 Å². The van der Waals surface area contributed by atoms with E-state index in [0.717, 1.165) is 5.56 Å². The summed E-state index contributed by atoms with van der Waals surface area (Å²) in [5.74, 6) is 0.420. The molecule has 2 rings (SSSR count). The topological polar surface area (TPSA) is 67.4 Å². The lowest BCUT2D eigenvalue weighted by Gasteiger charge is -2.13. The number of carbonyl (C=O) groups excluding carboxylic acids is 2. The van der Waals surface area contributed by atoms with Gasteiger partial charge in [-0.3, -0.25) is 9.59 Å². The molecule has 2 aromatic carbocycles. The monoisotopic (exact) mass is 312 g/mol. The van der Waals surface area contributed by atoms with E-state index in [2.05, 4.69) is 10.6 Å². The first-order valence-electron chi connectivity index (χ1n) is 7.40. The van der Waals surface area contributed by atoms with E-state index < -0.39 is 0 Å². The van der Waals surface area contributed by atoms with Crippen LogP contribution in [0.1, 0.15) is 29.3 Å². The van der Waals surface area contributed by atoms with Crippen LogP contribution in [0.15, 0.2) is 42.5 Å². The van der Waals surface area contributed by atoms with Crippen molar-refractivity contribution >= 4 is 23.2 Å². The minimum Gasteiger partial charge on any atom is -0.497 e. The Kier molecular flexibility index (Phi) is 5.36. The molecule has 0 fully saturated rings. The van der Waals surface area contributed by atoms with Gasteiger partial charge >= 0.3 is 0 Å². The fourth-order valence-corrected chi connectivity index (χ4v) is 2.08. The summed E-state index contributed by atoms with van der Waals surface area (Å²) in [7, 11) is 1.58. The van der Waals surface area contributed by atoms with Gasteiger partial charge in [-0.15, -0.1) is 0 Å². The zero-order valence-electron chi connectivity index (χ0n) is 13.5. The van der Waals surface area contributed by atoms with Gasteiger partial charge in [-0.2, -0.15) is 0 Å². The summed E-state index contributed by atoms with van der Waals surface area (Å²) in [5, 5.41) is 5.69. The van der Waals surface area contributed by atoms with E-state index in [1.54, 1.807) is 50.4 Å². The standard InChI is InChI=1S/C18H20N2O3/c1-4-17(21)19-15-6-5-7-16(12(15)2)20-18(22)13-8-10-14(23-3)11-9-13/h5-11H,4H2,1-3H3,(H,19,21)(H,20,22). The number of hydrogen-bond acceptors (Lipinski definition) is 3. The summed E-state index contributed by atoms with van der Waals surface area (Å²) in [6.45, 7) is 3.65. The molecule has 0 saturated heterocycles. The minimum atomic E-state index is -0.213. The van der Waals surface area contributed by atoms with Gasteiger partial charge in [0.25, 0.3) is 5.91 Å². The second-order valence-electron chi connectivity index (χ2n) is 5.06. The van der Waals surface area contributed by atoms with Crippen LogP contribution in [0.5, 0.6) is 5.75 Å². The van der Waals surface area contributed by atoms with Crippen LogP contribution in [0.2, 0.25) is 0 Å². The molecule has 0 aliphatic rings. The predicted octanol–water partition coefficient (Wildman–Crippen LogP) is 3.60. The molecule has 0 radical (unpaired) electrons. The van der Waals surface area contributed by atoms with Crippen molar-refractivity contribution in [2.45, 2.75) is 20.3 Å². The van der Waals surface area contributed by atoms with Gasteiger partial charge in [0.1, 0.15) is 5.75 Å². The third kappa shape index (κ3) is 4.10. The highest BCUT2D eigenvalue weighted by Gasteiger charge is 2.11. The first-order valence-corrected chi connectivity index (χ1v) is 7.40. The molecular formula is C18H20N2O3. The molecule has 0 spiro atoms. The van der Waals surface area contributed by atoms with E-state index in [4.69, 9.17) is 4.74 Å². The molecule has 0 bridgehead atoms. The number of rotatable bonds is 5. The van der Waals surface area contributed by atoms with Gasteiger partial charge in [-0.05, 0) is 48.9 Å².